The van der Waals surface area contributed by atoms with Crippen LogP contribution in [0.25, 0.3) is 0 Å². The van der Waals surface area contributed by atoms with Crippen molar-refractivity contribution in [2.45, 2.75) is 33.8 Å². The van der Waals surface area contributed by atoms with Gasteiger partial charge in [0.1, 0.15) is 11.9 Å². The van der Waals surface area contributed by atoms with Gasteiger partial charge in [-0.1, -0.05) is 29.8 Å². The van der Waals surface area contributed by atoms with Crippen molar-refractivity contribution < 1.29 is 4.74 Å². The number of anilines is 1. The van der Waals surface area contributed by atoms with Crippen LogP contribution in [0.15, 0.2) is 30.3 Å². The molecule has 1 N–H and O–H groups in total. The first kappa shape index (κ1) is 13.0. The first-order valence-electron chi connectivity index (χ1n) is 7.14. The second-order valence-electron chi connectivity index (χ2n) is 5.75. The van der Waals surface area contributed by atoms with Gasteiger partial charge >= 0.3 is 0 Å². The highest BCUT2D eigenvalue weighted by atomic mass is 16.5. The lowest BCUT2D eigenvalue weighted by molar-refractivity contribution is 0.207. The minimum atomic E-state index is 0.0872. The number of fused-ring (bicyclic) bond motifs is 1. The number of hydrogen-bond acceptors (Lipinski definition) is 2. The quantitative estimate of drug-likeness (QED) is 0.823. The molecule has 1 aliphatic rings. The summed E-state index contributed by atoms with van der Waals surface area (Å²) in [5.74, 6) is 0.989. The summed E-state index contributed by atoms with van der Waals surface area (Å²) < 4.78 is 6.29. The van der Waals surface area contributed by atoms with Gasteiger partial charge in [-0.2, -0.15) is 0 Å². The molecule has 0 aliphatic carbocycles. The zero-order chi connectivity index (χ0) is 14.3. The highest BCUT2D eigenvalue weighted by molar-refractivity contribution is 5.62. The number of para-hydroxylation sites is 1. The summed E-state index contributed by atoms with van der Waals surface area (Å²) in [6.07, 6.45) is 0.0872. The molecular weight excluding hydrogens is 246 g/mol. The van der Waals surface area contributed by atoms with Crippen molar-refractivity contribution in [3.05, 3.63) is 58.1 Å². The molecule has 1 heterocycles. The van der Waals surface area contributed by atoms with Crippen LogP contribution >= 0.6 is 0 Å². The Kier molecular flexibility index (Phi) is 3.17. The lowest BCUT2D eigenvalue weighted by atomic mass is 9.94. The fourth-order valence-electron chi connectivity index (χ4n) is 3.19. The Hall–Kier alpha value is -1.96. The van der Waals surface area contributed by atoms with Crippen LogP contribution in [0.2, 0.25) is 0 Å². The van der Waals surface area contributed by atoms with E-state index in [0.29, 0.717) is 0 Å². The van der Waals surface area contributed by atoms with Gasteiger partial charge in [-0.15, -0.1) is 0 Å². The van der Waals surface area contributed by atoms with Gasteiger partial charge in [0.05, 0.1) is 12.2 Å². The maximum Gasteiger partial charge on any atom is 0.146 e. The third kappa shape index (κ3) is 2.15. The minimum absolute atomic E-state index is 0.0872. The van der Waals surface area contributed by atoms with Crippen LogP contribution in [0.4, 0.5) is 5.69 Å². The van der Waals surface area contributed by atoms with Gasteiger partial charge in [-0.05, 0) is 56.0 Å². The molecule has 0 saturated carbocycles. The predicted molar refractivity (Wildman–Crippen MR) is 83.7 cm³/mol. The van der Waals surface area contributed by atoms with E-state index in [9.17, 15) is 0 Å². The van der Waals surface area contributed by atoms with Crippen molar-refractivity contribution in [3.8, 4) is 5.75 Å². The number of hydrogen-bond donors (Lipinski definition) is 1. The van der Waals surface area contributed by atoms with E-state index in [0.717, 1.165) is 18.0 Å². The largest absolute Gasteiger partial charge is 0.481 e. The number of benzene rings is 2. The summed E-state index contributed by atoms with van der Waals surface area (Å²) in [7, 11) is 0. The van der Waals surface area contributed by atoms with Crippen molar-refractivity contribution in [3.63, 3.8) is 0 Å². The molecule has 20 heavy (non-hydrogen) atoms. The van der Waals surface area contributed by atoms with Crippen LogP contribution < -0.4 is 10.1 Å². The molecule has 0 radical (unpaired) electrons. The van der Waals surface area contributed by atoms with E-state index in [1.165, 1.54) is 27.8 Å². The molecule has 1 aliphatic heterocycles. The maximum atomic E-state index is 6.29. The maximum absolute atomic E-state index is 6.29. The van der Waals surface area contributed by atoms with Gasteiger partial charge in [-0.3, -0.25) is 0 Å². The van der Waals surface area contributed by atoms with Crippen LogP contribution in [0, 0.1) is 27.7 Å². The van der Waals surface area contributed by atoms with E-state index in [2.05, 4.69) is 63.3 Å². The third-order valence-corrected chi connectivity index (χ3v) is 4.01. The zero-order valence-electron chi connectivity index (χ0n) is 12.6. The molecule has 0 saturated heterocycles. The second-order valence-corrected chi connectivity index (χ2v) is 5.75. The molecule has 0 bridgehead atoms. The number of ether oxygens (including phenoxy) is 1. The van der Waals surface area contributed by atoms with Crippen molar-refractivity contribution in [2.75, 3.05) is 11.9 Å². The normalized spacial score (nSPS) is 17.1. The number of rotatable bonds is 1. The molecule has 0 fully saturated rings. The Bertz CT molecular complexity index is 637. The number of nitrogens with one attached hydrogen (secondary N) is 1. The predicted octanol–water partition coefficient (Wildman–Crippen LogP) is 4.47. The van der Waals surface area contributed by atoms with Crippen LogP contribution in [0.5, 0.6) is 5.75 Å². The molecule has 2 aromatic rings. The van der Waals surface area contributed by atoms with E-state index in [1.54, 1.807) is 0 Å². The van der Waals surface area contributed by atoms with Gasteiger partial charge in [-0.25, -0.2) is 0 Å². The number of aryl methyl sites for hydroxylation is 4. The fraction of sp³-hybridized carbons (Fsp3) is 0.333. The second kappa shape index (κ2) is 4.86. The summed E-state index contributed by atoms with van der Waals surface area (Å²) >= 11 is 0. The van der Waals surface area contributed by atoms with Crippen LogP contribution in [-0.2, 0) is 0 Å². The molecule has 104 valence electrons. The average molecular weight is 267 g/mol. The van der Waals surface area contributed by atoms with E-state index in [1.807, 2.05) is 0 Å². The molecule has 0 amide bonds. The van der Waals surface area contributed by atoms with Crippen LogP contribution in [0.1, 0.15) is 33.9 Å². The molecule has 1 atom stereocenters. The Morgan fingerprint density at radius 3 is 2.40 bits per heavy atom. The lowest BCUT2D eigenvalue weighted by Crippen LogP contribution is -2.25. The molecule has 2 nitrogen and oxygen atoms in total. The highest BCUT2D eigenvalue weighted by Crippen LogP contribution is 2.38. The van der Waals surface area contributed by atoms with E-state index in [-0.39, 0.29) is 6.10 Å². The first-order chi connectivity index (χ1) is 9.56. The highest BCUT2D eigenvalue weighted by Gasteiger charge is 2.24. The first-order valence-corrected chi connectivity index (χ1v) is 7.14. The monoisotopic (exact) mass is 267 g/mol. The van der Waals surface area contributed by atoms with Gasteiger partial charge in [0, 0.05) is 0 Å². The summed E-state index contributed by atoms with van der Waals surface area (Å²) in [6, 6.07) is 10.7. The van der Waals surface area contributed by atoms with Gasteiger partial charge < -0.3 is 10.1 Å². The molecular formula is C18H21NO. The zero-order valence-corrected chi connectivity index (χ0v) is 12.6. The fourth-order valence-corrected chi connectivity index (χ4v) is 3.19. The topological polar surface area (TPSA) is 21.3 Å². The third-order valence-electron chi connectivity index (χ3n) is 4.01. The van der Waals surface area contributed by atoms with Gasteiger partial charge in [0.25, 0.3) is 0 Å². The Balaban J connectivity index is 2.01. The molecule has 3 rings (SSSR count). The minimum Gasteiger partial charge on any atom is -0.481 e. The lowest BCUT2D eigenvalue weighted by Gasteiger charge is -2.30. The summed E-state index contributed by atoms with van der Waals surface area (Å²) in [5.41, 5.74) is 7.53. The van der Waals surface area contributed by atoms with E-state index >= 15 is 0 Å². The van der Waals surface area contributed by atoms with Crippen molar-refractivity contribution in [1.82, 2.24) is 0 Å². The molecule has 2 heteroatoms. The average Bonchev–Trinajstić information content (AvgIpc) is 2.38. The Morgan fingerprint density at radius 2 is 1.70 bits per heavy atom. The van der Waals surface area contributed by atoms with E-state index in [4.69, 9.17) is 4.74 Å². The summed E-state index contributed by atoms with van der Waals surface area (Å²) in [6.45, 7) is 9.40. The van der Waals surface area contributed by atoms with Crippen LogP contribution in [0.3, 0.4) is 0 Å². The molecule has 0 spiro atoms. The smallest absolute Gasteiger partial charge is 0.146 e. The Morgan fingerprint density at radius 1 is 1.00 bits per heavy atom. The van der Waals surface area contributed by atoms with Crippen molar-refractivity contribution in [2.24, 2.45) is 0 Å². The molecule has 2 aromatic carbocycles. The summed E-state index contributed by atoms with van der Waals surface area (Å²) in [4.78, 5) is 0. The molecule has 0 aromatic heterocycles. The van der Waals surface area contributed by atoms with E-state index < -0.39 is 0 Å². The van der Waals surface area contributed by atoms with Gasteiger partial charge in [0.15, 0.2) is 0 Å². The Labute approximate surface area is 120 Å². The van der Waals surface area contributed by atoms with Crippen molar-refractivity contribution >= 4 is 5.69 Å². The SMILES string of the molecule is Cc1cc(C)c(C2CNc3cccc(C)c3O2)c(C)c1. The van der Waals surface area contributed by atoms with Crippen molar-refractivity contribution in [1.29, 1.82) is 0 Å². The standard InChI is InChI=1S/C18H21NO/c1-11-8-13(3)17(14(4)9-11)16-10-19-15-7-5-6-12(2)18(15)20-16/h5-9,16,19H,10H2,1-4H3. The molecule has 1 unspecified atom stereocenters. The van der Waals surface area contributed by atoms with Crippen LogP contribution in [-0.4, -0.2) is 6.54 Å². The summed E-state index contributed by atoms with van der Waals surface area (Å²) in [5, 5.41) is 3.50. The van der Waals surface area contributed by atoms with Gasteiger partial charge in [0.2, 0.25) is 0 Å².